The number of hydrogen-bond donors (Lipinski definition) is 0. The molecule has 0 fully saturated rings. The van der Waals surface area contributed by atoms with E-state index in [0.717, 1.165) is 0 Å². The van der Waals surface area contributed by atoms with Gasteiger partial charge in [-0.3, -0.25) is 4.98 Å². The summed E-state index contributed by atoms with van der Waals surface area (Å²) in [6.07, 6.45) is 3.77. The number of nitrogens with zero attached hydrogens (tertiary/aromatic N) is 1. The van der Waals surface area contributed by atoms with Gasteiger partial charge in [0.2, 0.25) is 0 Å². The van der Waals surface area contributed by atoms with Crippen molar-refractivity contribution < 1.29 is 0 Å². The van der Waals surface area contributed by atoms with Gasteiger partial charge in [0.1, 0.15) is 0 Å². The van der Waals surface area contributed by atoms with Gasteiger partial charge < -0.3 is 0 Å². The van der Waals surface area contributed by atoms with Crippen LogP contribution >= 0.6 is 0 Å². The molecule has 1 aliphatic rings. The summed E-state index contributed by atoms with van der Waals surface area (Å²) < 4.78 is 0. The Morgan fingerprint density at radius 2 is 1.03 bits per heavy atom. The molecule has 5 aromatic carbocycles. The second kappa shape index (κ2) is 7.63. The monoisotopic (exact) mass is 461 g/mol. The van der Waals surface area contributed by atoms with E-state index < -0.39 is 0 Å². The molecule has 0 amide bonds. The molecule has 1 heterocycles. The van der Waals surface area contributed by atoms with Gasteiger partial charge in [0.05, 0.1) is 0 Å². The van der Waals surface area contributed by atoms with Gasteiger partial charge in [-0.05, 0) is 91.2 Å². The zero-order valence-corrected chi connectivity index (χ0v) is 20.8. The van der Waals surface area contributed by atoms with Crippen molar-refractivity contribution in [2.24, 2.45) is 0 Å². The smallest absolute Gasteiger partial charge is 0.0273 e. The van der Waals surface area contributed by atoms with Crippen LogP contribution in [0.25, 0.3) is 54.9 Å². The topological polar surface area (TPSA) is 12.9 Å². The highest BCUT2D eigenvalue weighted by Crippen LogP contribution is 2.51. The largest absolute Gasteiger partial charge is 0.265 e. The number of aryl methyl sites for hydroxylation is 1. The first-order valence-electron chi connectivity index (χ1n) is 12.6. The average molecular weight is 462 g/mol. The van der Waals surface area contributed by atoms with Crippen molar-refractivity contribution in [2.75, 3.05) is 0 Å². The summed E-state index contributed by atoms with van der Waals surface area (Å²) in [6.45, 7) is 6.92. The molecule has 0 radical (unpaired) electrons. The van der Waals surface area contributed by atoms with Crippen LogP contribution in [0.2, 0.25) is 0 Å². The normalized spacial score (nSPS) is 13.6. The number of rotatable bonds is 2. The third kappa shape index (κ3) is 2.93. The predicted molar refractivity (Wildman–Crippen MR) is 152 cm³/mol. The number of benzene rings is 5. The molecule has 0 saturated heterocycles. The molecule has 1 aromatic heterocycles. The summed E-state index contributed by atoms with van der Waals surface area (Å²) in [5, 5.41) is 5.12. The van der Waals surface area contributed by atoms with Crippen LogP contribution in [0.1, 0.15) is 30.5 Å². The van der Waals surface area contributed by atoms with Gasteiger partial charge in [0.15, 0.2) is 0 Å². The fourth-order valence-corrected chi connectivity index (χ4v) is 6.28. The molecule has 172 valence electrons. The fraction of sp³-hybridized carbons (Fsp3) is 0.114. The lowest BCUT2D eigenvalue weighted by Gasteiger charge is -2.23. The van der Waals surface area contributed by atoms with Crippen LogP contribution in [0.5, 0.6) is 0 Å². The highest BCUT2D eigenvalue weighted by molar-refractivity contribution is 6.21. The maximum absolute atomic E-state index is 4.27. The molecule has 6 aromatic rings. The van der Waals surface area contributed by atoms with E-state index in [1.165, 1.54) is 71.6 Å². The van der Waals surface area contributed by atoms with Gasteiger partial charge in [-0.2, -0.15) is 0 Å². The summed E-state index contributed by atoms with van der Waals surface area (Å²) in [5.74, 6) is 0. The first-order valence-corrected chi connectivity index (χ1v) is 12.6. The van der Waals surface area contributed by atoms with Gasteiger partial charge >= 0.3 is 0 Å². The van der Waals surface area contributed by atoms with E-state index in [1.54, 1.807) is 0 Å². The Morgan fingerprint density at radius 3 is 1.61 bits per heavy atom. The quantitative estimate of drug-likeness (QED) is 0.234. The molecule has 7 rings (SSSR count). The standard InChI is InChI=1S/C35H27N/c1-22-12-14-25-26-15-13-24(21-32(26)35(2,3)31(25)20-22)34-29-10-6-4-8-27(29)33(23-16-18-36-19-17-23)28-9-5-7-11-30(28)34/h4-21H,1-3H3. The Hall–Kier alpha value is -4.23. The van der Waals surface area contributed by atoms with E-state index in [9.17, 15) is 0 Å². The third-order valence-corrected chi connectivity index (χ3v) is 8.02. The van der Waals surface area contributed by atoms with Gasteiger partial charge in [-0.15, -0.1) is 0 Å². The Balaban J connectivity index is 1.56. The van der Waals surface area contributed by atoms with Crippen LogP contribution in [0.4, 0.5) is 0 Å². The van der Waals surface area contributed by atoms with Gasteiger partial charge in [-0.1, -0.05) is 98.3 Å². The SMILES string of the molecule is Cc1ccc2c(c1)C(C)(C)c1cc(-c3c4ccccc4c(-c4ccncc4)c4ccccc34)ccc1-2. The summed E-state index contributed by atoms with van der Waals surface area (Å²) >= 11 is 0. The lowest BCUT2D eigenvalue weighted by molar-refractivity contribution is 0.660. The van der Waals surface area contributed by atoms with Crippen molar-refractivity contribution >= 4 is 21.5 Å². The van der Waals surface area contributed by atoms with Crippen molar-refractivity contribution in [2.45, 2.75) is 26.2 Å². The maximum Gasteiger partial charge on any atom is 0.0273 e. The summed E-state index contributed by atoms with van der Waals surface area (Å²) in [6, 6.07) is 35.9. The number of pyridine rings is 1. The molecular formula is C35H27N. The van der Waals surface area contributed by atoms with E-state index in [-0.39, 0.29) is 5.41 Å². The average Bonchev–Trinajstić information content (AvgIpc) is 3.13. The lowest BCUT2D eigenvalue weighted by atomic mass is 9.80. The summed E-state index contributed by atoms with van der Waals surface area (Å²) in [5.41, 5.74) is 11.9. The zero-order chi connectivity index (χ0) is 24.4. The Kier molecular flexibility index (Phi) is 4.47. The molecule has 0 bridgehead atoms. The molecular weight excluding hydrogens is 434 g/mol. The van der Waals surface area contributed by atoms with Gasteiger partial charge in [0, 0.05) is 17.8 Å². The first-order chi connectivity index (χ1) is 17.5. The van der Waals surface area contributed by atoms with Crippen LogP contribution in [-0.2, 0) is 5.41 Å². The predicted octanol–water partition coefficient (Wildman–Crippen LogP) is 9.34. The van der Waals surface area contributed by atoms with E-state index in [0.29, 0.717) is 0 Å². The highest BCUT2D eigenvalue weighted by atomic mass is 14.6. The Labute approximate surface area is 212 Å². The molecule has 1 heteroatoms. The number of fused-ring (bicyclic) bond motifs is 5. The van der Waals surface area contributed by atoms with Crippen LogP contribution in [0, 0.1) is 6.92 Å². The molecule has 0 aliphatic heterocycles. The van der Waals surface area contributed by atoms with Crippen molar-refractivity contribution in [1.82, 2.24) is 4.98 Å². The van der Waals surface area contributed by atoms with Crippen LogP contribution in [0.3, 0.4) is 0 Å². The molecule has 0 saturated carbocycles. The highest BCUT2D eigenvalue weighted by Gasteiger charge is 2.35. The minimum Gasteiger partial charge on any atom is -0.265 e. The van der Waals surface area contributed by atoms with Crippen molar-refractivity contribution in [3.05, 3.63) is 126 Å². The van der Waals surface area contributed by atoms with Crippen molar-refractivity contribution in [1.29, 1.82) is 0 Å². The molecule has 0 unspecified atom stereocenters. The molecule has 0 N–H and O–H groups in total. The second-order valence-corrected chi connectivity index (χ2v) is 10.5. The summed E-state index contributed by atoms with van der Waals surface area (Å²) in [7, 11) is 0. The molecule has 1 aliphatic carbocycles. The number of aromatic nitrogens is 1. The molecule has 36 heavy (non-hydrogen) atoms. The minimum absolute atomic E-state index is 0.0325. The Bertz CT molecular complexity index is 1750. The molecule has 0 spiro atoms. The van der Waals surface area contributed by atoms with E-state index in [2.05, 4.69) is 123 Å². The van der Waals surface area contributed by atoms with Crippen LogP contribution in [0.15, 0.2) is 109 Å². The van der Waals surface area contributed by atoms with Gasteiger partial charge in [-0.25, -0.2) is 0 Å². The molecule has 1 nitrogen and oxygen atoms in total. The van der Waals surface area contributed by atoms with E-state index in [4.69, 9.17) is 0 Å². The second-order valence-electron chi connectivity index (χ2n) is 10.5. The zero-order valence-electron chi connectivity index (χ0n) is 20.8. The molecule has 0 atom stereocenters. The Morgan fingerprint density at radius 1 is 0.528 bits per heavy atom. The summed E-state index contributed by atoms with van der Waals surface area (Å²) in [4.78, 5) is 4.27. The van der Waals surface area contributed by atoms with E-state index >= 15 is 0 Å². The number of hydrogen-bond acceptors (Lipinski definition) is 1. The van der Waals surface area contributed by atoms with Crippen LogP contribution in [-0.4, -0.2) is 4.98 Å². The van der Waals surface area contributed by atoms with Crippen molar-refractivity contribution in [3.8, 4) is 33.4 Å². The maximum atomic E-state index is 4.27. The van der Waals surface area contributed by atoms with Gasteiger partial charge in [0.25, 0.3) is 0 Å². The van der Waals surface area contributed by atoms with Crippen molar-refractivity contribution in [3.63, 3.8) is 0 Å². The fourth-order valence-electron chi connectivity index (χ4n) is 6.28. The van der Waals surface area contributed by atoms with Crippen LogP contribution < -0.4 is 0 Å². The third-order valence-electron chi connectivity index (χ3n) is 8.02. The lowest BCUT2D eigenvalue weighted by Crippen LogP contribution is -2.15. The first kappa shape index (κ1) is 21.1. The minimum atomic E-state index is -0.0325. The van der Waals surface area contributed by atoms with E-state index in [1.807, 2.05) is 12.4 Å².